The number of benzene rings is 1. The summed E-state index contributed by atoms with van der Waals surface area (Å²) in [4.78, 5) is 11.3. The maximum Gasteiger partial charge on any atom is 0.262 e. The first kappa shape index (κ1) is 12.1. The van der Waals surface area contributed by atoms with Gasteiger partial charge >= 0.3 is 0 Å². The number of amides is 1. The topological polar surface area (TPSA) is 96.6 Å². The second-order valence-corrected chi connectivity index (χ2v) is 5.14. The number of nitrogens with two attached hydrogens (primary N) is 1. The van der Waals surface area contributed by atoms with Gasteiger partial charge in [-0.25, -0.2) is 0 Å². The zero-order valence-electron chi connectivity index (χ0n) is 10.5. The van der Waals surface area contributed by atoms with Crippen LogP contribution in [-0.2, 0) is 4.79 Å². The Hall–Kier alpha value is -1.95. The largest absolute Gasteiger partial charge is 0.482 e. The molecule has 1 amide bonds. The summed E-state index contributed by atoms with van der Waals surface area (Å²) in [6, 6.07) is 3.50. The molecule has 102 valence electrons. The van der Waals surface area contributed by atoms with E-state index in [-0.39, 0.29) is 18.6 Å². The number of anilines is 3. The van der Waals surface area contributed by atoms with Gasteiger partial charge in [0.1, 0.15) is 5.75 Å². The van der Waals surface area contributed by atoms with Crippen LogP contribution in [0.3, 0.4) is 0 Å². The van der Waals surface area contributed by atoms with Gasteiger partial charge in [-0.1, -0.05) is 0 Å². The third-order valence-electron chi connectivity index (χ3n) is 3.58. The SMILES string of the molecule is Nc1cc2c(cc1NCC1CC(O)C1)NC(=O)CO2. The van der Waals surface area contributed by atoms with Gasteiger partial charge in [0.15, 0.2) is 6.61 Å². The highest BCUT2D eigenvalue weighted by molar-refractivity contribution is 5.97. The van der Waals surface area contributed by atoms with E-state index in [9.17, 15) is 9.90 Å². The van der Waals surface area contributed by atoms with Crippen molar-refractivity contribution in [3.63, 3.8) is 0 Å². The molecule has 3 rings (SSSR count). The first-order valence-corrected chi connectivity index (χ1v) is 6.40. The minimum Gasteiger partial charge on any atom is -0.482 e. The van der Waals surface area contributed by atoms with Crippen LogP contribution in [-0.4, -0.2) is 30.3 Å². The van der Waals surface area contributed by atoms with Crippen LogP contribution >= 0.6 is 0 Å². The number of aliphatic hydroxyl groups excluding tert-OH is 1. The Balaban J connectivity index is 1.70. The van der Waals surface area contributed by atoms with Gasteiger partial charge in [0, 0.05) is 12.6 Å². The molecule has 5 N–H and O–H groups in total. The number of fused-ring (bicyclic) bond motifs is 1. The van der Waals surface area contributed by atoms with Crippen molar-refractivity contribution in [2.45, 2.75) is 18.9 Å². The molecule has 0 unspecified atom stereocenters. The van der Waals surface area contributed by atoms with Crippen LogP contribution in [0.1, 0.15) is 12.8 Å². The molecule has 19 heavy (non-hydrogen) atoms. The molecule has 1 aromatic rings. The van der Waals surface area contributed by atoms with Crippen molar-refractivity contribution in [3.05, 3.63) is 12.1 Å². The molecular formula is C13H17N3O3. The van der Waals surface area contributed by atoms with Crippen LogP contribution in [0, 0.1) is 5.92 Å². The second-order valence-electron chi connectivity index (χ2n) is 5.14. The molecule has 0 atom stereocenters. The molecule has 1 heterocycles. The van der Waals surface area contributed by atoms with Gasteiger partial charge in [-0.3, -0.25) is 4.79 Å². The predicted octanol–water partition coefficient (Wildman–Crippen LogP) is 0.782. The van der Waals surface area contributed by atoms with E-state index in [1.54, 1.807) is 12.1 Å². The van der Waals surface area contributed by atoms with Crippen LogP contribution in [0.5, 0.6) is 5.75 Å². The van der Waals surface area contributed by atoms with E-state index in [4.69, 9.17) is 10.5 Å². The first-order valence-electron chi connectivity index (χ1n) is 6.40. The van der Waals surface area contributed by atoms with Crippen LogP contribution in [0.2, 0.25) is 0 Å². The van der Waals surface area contributed by atoms with Crippen molar-refractivity contribution in [3.8, 4) is 5.75 Å². The summed E-state index contributed by atoms with van der Waals surface area (Å²) in [7, 11) is 0. The van der Waals surface area contributed by atoms with Crippen molar-refractivity contribution >= 4 is 23.0 Å². The van der Waals surface area contributed by atoms with E-state index < -0.39 is 0 Å². The van der Waals surface area contributed by atoms with Crippen LogP contribution in [0.15, 0.2) is 12.1 Å². The van der Waals surface area contributed by atoms with Crippen molar-refractivity contribution in [2.24, 2.45) is 5.92 Å². The number of carbonyl (C=O) groups excluding carboxylic acids is 1. The molecule has 6 heteroatoms. The van der Waals surface area contributed by atoms with Gasteiger partial charge in [0.2, 0.25) is 0 Å². The normalized spacial score (nSPS) is 24.8. The lowest BCUT2D eigenvalue weighted by atomic mass is 9.82. The lowest BCUT2D eigenvalue weighted by Gasteiger charge is -2.32. The third-order valence-corrected chi connectivity index (χ3v) is 3.58. The molecule has 0 saturated heterocycles. The number of hydrogen-bond donors (Lipinski definition) is 4. The molecule has 1 saturated carbocycles. The van der Waals surface area contributed by atoms with Crippen molar-refractivity contribution in [1.82, 2.24) is 0 Å². The second kappa shape index (κ2) is 4.62. The highest BCUT2D eigenvalue weighted by atomic mass is 16.5. The average Bonchev–Trinajstić information content (AvgIpc) is 2.34. The van der Waals surface area contributed by atoms with E-state index >= 15 is 0 Å². The zero-order chi connectivity index (χ0) is 13.4. The fourth-order valence-electron chi connectivity index (χ4n) is 2.42. The van der Waals surface area contributed by atoms with Gasteiger partial charge in [-0.2, -0.15) is 0 Å². The molecule has 0 radical (unpaired) electrons. The summed E-state index contributed by atoms with van der Waals surface area (Å²) in [6.45, 7) is 0.800. The number of aliphatic hydroxyl groups is 1. The van der Waals surface area contributed by atoms with Gasteiger partial charge in [-0.15, -0.1) is 0 Å². The quantitative estimate of drug-likeness (QED) is 0.604. The van der Waals surface area contributed by atoms with Gasteiger partial charge in [-0.05, 0) is 24.8 Å². The smallest absolute Gasteiger partial charge is 0.262 e. The minimum absolute atomic E-state index is 0.0270. The number of ether oxygens (including phenoxy) is 1. The van der Waals surface area contributed by atoms with E-state index in [2.05, 4.69) is 10.6 Å². The highest BCUT2D eigenvalue weighted by Gasteiger charge is 2.27. The summed E-state index contributed by atoms with van der Waals surface area (Å²) in [6.07, 6.45) is 1.51. The number of rotatable bonds is 3. The Morgan fingerprint density at radius 1 is 1.47 bits per heavy atom. The number of hydrogen-bond acceptors (Lipinski definition) is 5. The van der Waals surface area contributed by atoms with E-state index in [1.807, 2.05) is 0 Å². The summed E-state index contributed by atoms with van der Waals surface area (Å²) < 4.78 is 5.29. The molecule has 1 aromatic carbocycles. The maximum atomic E-state index is 11.3. The van der Waals surface area contributed by atoms with Crippen LogP contribution < -0.4 is 21.1 Å². The average molecular weight is 263 g/mol. The molecular weight excluding hydrogens is 246 g/mol. The minimum atomic E-state index is -0.162. The number of nitrogens with one attached hydrogen (secondary N) is 2. The van der Waals surface area contributed by atoms with Crippen molar-refractivity contribution in [1.29, 1.82) is 0 Å². The maximum absolute atomic E-state index is 11.3. The molecule has 1 fully saturated rings. The predicted molar refractivity (Wildman–Crippen MR) is 72.2 cm³/mol. The fraction of sp³-hybridized carbons (Fsp3) is 0.462. The monoisotopic (exact) mass is 263 g/mol. The van der Waals surface area contributed by atoms with E-state index in [0.29, 0.717) is 23.0 Å². The van der Waals surface area contributed by atoms with Crippen LogP contribution in [0.4, 0.5) is 17.1 Å². The zero-order valence-corrected chi connectivity index (χ0v) is 10.5. The summed E-state index contributed by atoms with van der Waals surface area (Å²) in [5.74, 6) is 0.920. The Morgan fingerprint density at radius 2 is 2.26 bits per heavy atom. The molecule has 1 aliphatic heterocycles. The van der Waals surface area contributed by atoms with Gasteiger partial charge in [0.05, 0.1) is 23.2 Å². The Morgan fingerprint density at radius 3 is 3.00 bits per heavy atom. The van der Waals surface area contributed by atoms with E-state index in [0.717, 1.165) is 25.1 Å². The summed E-state index contributed by atoms with van der Waals surface area (Å²) in [5.41, 5.74) is 7.96. The summed E-state index contributed by atoms with van der Waals surface area (Å²) >= 11 is 0. The van der Waals surface area contributed by atoms with Gasteiger partial charge in [0.25, 0.3) is 5.91 Å². The first-order chi connectivity index (χ1) is 9.11. The molecule has 0 bridgehead atoms. The lowest BCUT2D eigenvalue weighted by Crippen LogP contribution is -2.33. The fourth-order valence-corrected chi connectivity index (χ4v) is 2.42. The lowest BCUT2D eigenvalue weighted by molar-refractivity contribution is -0.118. The molecule has 0 aromatic heterocycles. The number of carbonyl (C=O) groups is 1. The Labute approximate surface area is 110 Å². The molecule has 6 nitrogen and oxygen atoms in total. The van der Waals surface area contributed by atoms with E-state index in [1.165, 1.54) is 0 Å². The molecule has 0 spiro atoms. The highest BCUT2D eigenvalue weighted by Crippen LogP contribution is 2.36. The molecule has 2 aliphatic rings. The Kier molecular flexibility index (Phi) is 2.94. The molecule has 1 aliphatic carbocycles. The standard InChI is InChI=1S/C13H17N3O3/c14-9-3-12-11(16-13(18)6-19-12)4-10(9)15-5-7-1-8(17)2-7/h3-4,7-8,15,17H,1-2,5-6,14H2,(H,16,18). The van der Waals surface area contributed by atoms with Gasteiger partial charge < -0.3 is 26.2 Å². The van der Waals surface area contributed by atoms with Crippen LogP contribution in [0.25, 0.3) is 0 Å². The Bertz CT molecular complexity index is 512. The summed E-state index contributed by atoms with van der Waals surface area (Å²) in [5, 5.41) is 15.2. The third kappa shape index (κ3) is 2.44. The number of nitrogen functional groups attached to an aromatic ring is 1. The van der Waals surface area contributed by atoms with Crippen molar-refractivity contribution < 1.29 is 14.6 Å². The van der Waals surface area contributed by atoms with Crippen molar-refractivity contribution in [2.75, 3.05) is 29.5 Å².